The van der Waals surface area contributed by atoms with Crippen molar-refractivity contribution in [3.8, 4) is 0 Å². The van der Waals surface area contributed by atoms with Gasteiger partial charge in [0, 0.05) is 18.8 Å². The molecule has 0 aromatic heterocycles. The summed E-state index contributed by atoms with van der Waals surface area (Å²) < 4.78 is 0. The standard InChI is InChI=1S/C9H15N/c1-3-7-10-8-4-2-6-9(10)5-1/h5H,1-4,6-8H2. The van der Waals surface area contributed by atoms with Crippen molar-refractivity contribution in [1.29, 1.82) is 0 Å². The van der Waals surface area contributed by atoms with E-state index in [0.717, 1.165) is 0 Å². The Bertz CT molecular complexity index is 149. The Morgan fingerprint density at radius 2 is 2.00 bits per heavy atom. The first kappa shape index (κ1) is 6.26. The average molecular weight is 137 g/mol. The zero-order valence-corrected chi connectivity index (χ0v) is 6.47. The van der Waals surface area contributed by atoms with Crippen molar-refractivity contribution in [2.45, 2.75) is 32.1 Å². The van der Waals surface area contributed by atoms with Crippen LogP contribution in [0.25, 0.3) is 0 Å². The molecule has 0 bridgehead atoms. The third-order valence-electron chi connectivity index (χ3n) is 2.53. The van der Waals surface area contributed by atoms with Gasteiger partial charge in [0.15, 0.2) is 0 Å². The van der Waals surface area contributed by atoms with Crippen LogP contribution in [0, 0.1) is 0 Å². The van der Waals surface area contributed by atoms with Gasteiger partial charge in [-0.05, 0) is 32.1 Å². The SMILES string of the molecule is C1=C2CCCCN2CCC1. The molecule has 0 spiro atoms. The number of allylic oxidation sites excluding steroid dienone is 2. The lowest BCUT2D eigenvalue weighted by Gasteiger charge is -2.34. The molecule has 1 nitrogen and oxygen atoms in total. The van der Waals surface area contributed by atoms with Gasteiger partial charge in [0.2, 0.25) is 0 Å². The van der Waals surface area contributed by atoms with Gasteiger partial charge in [-0.15, -0.1) is 0 Å². The van der Waals surface area contributed by atoms with Crippen molar-refractivity contribution in [3.05, 3.63) is 11.8 Å². The second-order valence-corrected chi connectivity index (χ2v) is 3.28. The quantitative estimate of drug-likeness (QED) is 0.494. The van der Waals surface area contributed by atoms with Gasteiger partial charge >= 0.3 is 0 Å². The molecule has 0 amide bonds. The molecule has 1 heteroatoms. The van der Waals surface area contributed by atoms with Crippen LogP contribution in [0.4, 0.5) is 0 Å². The monoisotopic (exact) mass is 137 g/mol. The summed E-state index contributed by atoms with van der Waals surface area (Å²) in [4.78, 5) is 2.56. The van der Waals surface area contributed by atoms with E-state index in [2.05, 4.69) is 11.0 Å². The van der Waals surface area contributed by atoms with Gasteiger partial charge < -0.3 is 4.90 Å². The molecule has 1 saturated heterocycles. The molecule has 0 aromatic rings. The minimum Gasteiger partial charge on any atom is -0.375 e. The fourth-order valence-corrected chi connectivity index (χ4v) is 1.95. The maximum absolute atomic E-state index is 2.56. The minimum atomic E-state index is 1.33. The zero-order valence-electron chi connectivity index (χ0n) is 6.47. The number of fused-ring (bicyclic) bond motifs is 1. The van der Waals surface area contributed by atoms with E-state index in [9.17, 15) is 0 Å². The maximum atomic E-state index is 2.56. The smallest absolute Gasteiger partial charge is 0.0177 e. The molecule has 0 unspecified atom stereocenters. The summed E-state index contributed by atoms with van der Waals surface area (Å²) in [5, 5.41) is 0. The molecule has 1 fully saturated rings. The second kappa shape index (κ2) is 2.65. The molecular weight excluding hydrogens is 122 g/mol. The molecule has 0 radical (unpaired) electrons. The van der Waals surface area contributed by atoms with E-state index in [1.165, 1.54) is 45.2 Å². The predicted molar refractivity (Wildman–Crippen MR) is 42.7 cm³/mol. The number of hydrogen-bond acceptors (Lipinski definition) is 1. The Morgan fingerprint density at radius 3 is 2.90 bits per heavy atom. The largest absolute Gasteiger partial charge is 0.375 e. The molecule has 56 valence electrons. The summed E-state index contributed by atoms with van der Waals surface area (Å²) in [5.41, 5.74) is 1.64. The number of nitrogens with zero attached hydrogens (tertiary/aromatic N) is 1. The summed E-state index contributed by atoms with van der Waals surface area (Å²) in [5.74, 6) is 0. The van der Waals surface area contributed by atoms with Gasteiger partial charge in [-0.25, -0.2) is 0 Å². The molecule has 0 saturated carbocycles. The Kier molecular flexibility index (Phi) is 1.66. The second-order valence-electron chi connectivity index (χ2n) is 3.28. The van der Waals surface area contributed by atoms with Gasteiger partial charge in [-0.1, -0.05) is 6.08 Å². The Hall–Kier alpha value is -0.460. The average Bonchev–Trinajstić information content (AvgIpc) is 2.05. The Labute approximate surface area is 62.7 Å². The van der Waals surface area contributed by atoms with E-state index in [1.54, 1.807) is 5.70 Å². The maximum Gasteiger partial charge on any atom is 0.0177 e. The van der Waals surface area contributed by atoms with Crippen LogP contribution in [0.2, 0.25) is 0 Å². The van der Waals surface area contributed by atoms with Gasteiger partial charge in [-0.3, -0.25) is 0 Å². The van der Waals surface area contributed by atoms with Crippen LogP contribution < -0.4 is 0 Å². The number of piperidine rings is 1. The molecule has 10 heavy (non-hydrogen) atoms. The van der Waals surface area contributed by atoms with Gasteiger partial charge in [0.25, 0.3) is 0 Å². The molecule has 2 heterocycles. The lowest BCUT2D eigenvalue weighted by Crippen LogP contribution is -2.30. The molecule has 2 aliphatic rings. The van der Waals surface area contributed by atoms with Crippen LogP contribution in [0.15, 0.2) is 11.8 Å². The summed E-state index contributed by atoms with van der Waals surface area (Å²) in [6, 6.07) is 0. The van der Waals surface area contributed by atoms with Crippen LogP contribution in [0.3, 0.4) is 0 Å². The highest BCUT2D eigenvalue weighted by molar-refractivity contribution is 5.06. The third kappa shape index (κ3) is 1.05. The summed E-state index contributed by atoms with van der Waals surface area (Å²) in [6.07, 6.45) is 9.32. The lowest BCUT2D eigenvalue weighted by molar-refractivity contribution is 0.273. The molecular formula is C9H15N. The van der Waals surface area contributed by atoms with Crippen LogP contribution in [-0.4, -0.2) is 18.0 Å². The number of hydrogen-bond donors (Lipinski definition) is 0. The molecule has 2 aliphatic heterocycles. The molecule has 0 aromatic carbocycles. The van der Waals surface area contributed by atoms with Crippen molar-refractivity contribution in [2.75, 3.05) is 13.1 Å². The zero-order chi connectivity index (χ0) is 6.81. The van der Waals surface area contributed by atoms with Crippen LogP contribution in [0.1, 0.15) is 32.1 Å². The Balaban J connectivity index is 2.08. The van der Waals surface area contributed by atoms with Gasteiger partial charge in [-0.2, -0.15) is 0 Å². The van der Waals surface area contributed by atoms with E-state index >= 15 is 0 Å². The van der Waals surface area contributed by atoms with Crippen molar-refractivity contribution >= 4 is 0 Å². The summed E-state index contributed by atoms with van der Waals surface area (Å²) in [7, 11) is 0. The Morgan fingerprint density at radius 1 is 1.10 bits per heavy atom. The van der Waals surface area contributed by atoms with Gasteiger partial charge in [0.1, 0.15) is 0 Å². The van der Waals surface area contributed by atoms with E-state index in [1.807, 2.05) is 0 Å². The summed E-state index contributed by atoms with van der Waals surface area (Å²) in [6.45, 7) is 2.65. The highest BCUT2D eigenvalue weighted by atomic mass is 15.1. The van der Waals surface area contributed by atoms with Crippen LogP contribution >= 0.6 is 0 Å². The van der Waals surface area contributed by atoms with Crippen LogP contribution in [-0.2, 0) is 0 Å². The van der Waals surface area contributed by atoms with E-state index in [-0.39, 0.29) is 0 Å². The third-order valence-corrected chi connectivity index (χ3v) is 2.53. The summed E-state index contributed by atoms with van der Waals surface area (Å²) >= 11 is 0. The lowest BCUT2D eigenvalue weighted by atomic mass is 10.0. The van der Waals surface area contributed by atoms with E-state index < -0.39 is 0 Å². The first-order valence-corrected chi connectivity index (χ1v) is 4.41. The minimum absolute atomic E-state index is 1.33. The first-order valence-electron chi connectivity index (χ1n) is 4.41. The van der Waals surface area contributed by atoms with E-state index in [0.29, 0.717) is 0 Å². The van der Waals surface area contributed by atoms with E-state index in [4.69, 9.17) is 0 Å². The molecule has 2 rings (SSSR count). The molecule has 0 aliphatic carbocycles. The fourth-order valence-electron chi connectivity index (χ4n) is 1.95. The van der Waals surface area contributed by atoms with Gasteiger partial charge in [0.05, 0.1) is 0 Å². The topological polar surface area (TPSA) is 3.24 Å². The highest BCUT2D eigenvalue weighted by Crippen LogP contribution is 2.24. The molecule has 0 atom stereocenters. The van der Waals surface area contributed by atoms with Crippen molar-refractivity contribution in [2.24, 2.45) is 0 Å². The predicted octanol–water partition coefficient (Wildman–Crippen LogP) is 2.15. The van der Waals surface area contributed by atoms with Crippen molar-refractivity contribution < 1.29 is 0 Å². The molecule has 0 N–H and O–H groups in total. The van der Waals surface area contributed by atoms with Crippen LogP contribution in [0.5, 0.6) is 0 Å². The number of rotatable bonds is 0. The first-order chi connectivity index (χ1) is 4.97. The van der Waals surface area contributed by atoms with Crippen molar-refractivity contribution in [3.63, 3.8) is 0 Å². The highest BCUT2D eigenvalue weighted by Gasteiger charge is 2.16. The normalized spacial score (nSPS) is 25.6. The fraction of sp³-hybridized carbons (Fsp3) is 0.778. The van der Waals surface area contributed by atoms with Crippen molar-refractivity contribution in [1.82, 2.24) is 4.90 Å².